The molecule has 62 valence electrons. The number of hydrogen-bond donors (Lipinski definition) is 0. The van der Waals surface area contributed by atoms with Gasteiger partial charge in [0.2, 0.25) is 0 Å². The fourth-order valence-electron chi connectivity index (χ4n) is 0.705. The van der Waals surface area contributed by atoms with Crippen LogP contribution in [-0.2, 0) is 4.84 Å². The molecule has 0 fully saturated rings. The van der Waals surface area contributed by atoms with Crippen LogP contribution >= 0.6 is 0 Å². The summed E-state index contributed by atoms with van der Waals surface area (Å²) in [6.45, 7) is 0. The van der Waals surface area contributed by atoms with Crippen molar-refractivity contribution in [2.75, 3.05) is 7.05 Å². The molecular formula is C8H8N2O2. The van der Waals surface area contributed by atoms with E-state index in [-0.39, 0.29) is 0 Å². The topological polar surface area (TPSA) is 51.0 Å². The standard InChI is InChI=1S/C8H8N2O2/c1-9-10-12-8(11)7-5-3-2-4-6-7/h2-6H,1H3. The van der Waals surface area contributed by atoms with Gasteiger partial charge in [0.1, 0.15) is 0 Å². The van der Waals surface area contributed by atoms with E-state index in [4.69, 9.17) is 0 Å². The average Bonchev–Trinajstić information content (AvgIpc) is 2.15. The second kappa shape index (κ2) is 4.23. The lowest BCUT2D eigenvalue weighted by atomic mass is 10.2. The molecule has 0 atom stereocenters. The third-order valence-corrected chi connectivity index (χ3v) is 1.21. The number of carbonyl (C=O) groups is 1. The molecule has 0 aliphatic heterocycles. The van der Waals surface area contributed by atoms with Crippen molar-refractivity contribution in [1.29, 1.82) is 0 Å². The van der Waals surface area contributed by atoms with Crippen LogP contribution in [0.2, 0.25) is 0 Å². The highest BCUT2D eigenvalue weighted by Gasteiger charge is 2.04. The van der Waals surface area contributed by atoms with Gasteiger partial charge in [-0.15, -0.1) is 0 Å². The largest absolute Gasteiger partial charge is 0.367 e. The highest BCUT2D eigenvalue weighted by Crippen LogP contribution is 2.00. The van der Waals surface area contributed by atoms with Gasteiger partial charge in [0.05, 0.1) is 12.6 Å². The maximum absolute atomic E-state index is 11.0. The Bertz CT molecular complexity index is 282. The second-order valence-corrected chi connectivity index (χ2v) is 2.03. The summed E-state index contributed by atoms with van der Waals surface area (Å²) >= 11 is 0. The van der Waals surface area contributed by atoms with Gasteiger partial charge in [-0.3, -0.25) is 4.84 Å². The minimum atomic E-state index is -0.499. The Labute approximate surface area is 69.8 Å². The second-order valence-electron chi connectivity index (χ2n) is 2.03. The van der Waals surface area contributed by atoms with E-state index in [2.05, 4.69) is 15.2 Å². The Morgan fingerprint density at radius 3 is 2.58 bits per heavy atom. The first-order valence-corrected chi connectivity index (χ1v) is 3.40. The van der Waals surface area contributed by atoms with Crippen LogP contribution in [0.1, 0.15) is 10.4 Å². The van der Waals surface area contributed by atoms with Crippen LogP contribution in [0.4, 0.5) is 0 Å². The Kier molecular flexibility index (Phi) is 2.95. The summed E-state index contributed by atoms with van der Waals surface area (Å²) in [6, 6.07) is 8.61. The van der Waals surface area contributed by atoms with Gasteiger partial charge in [-0.25, -0.2) is 4.79 Å². The molecule has 0 aliphatic carbocycles. The zero-order valence-corrected chi connectivity index (χ0v) is 6.60. The Hall–Kier alpha value is -1.71. The molecule has 0 amide bonds. The van der Waals surface area contributed by atoms with E-state index in [1.54, 1.807) is 24.3 Å². The minimum Gasteiger partial charge on any atom is -0.295 e. The van der Waals surface area contributed by atoms with E-state index in [9.17, 15) is 4.79 Å². The molecular weight excluding hydrogens is 156 g/mol. The maximum Gasteiger partial charge on any atom is 0.367 e. The van der Waals surface area contributed by atoms with Gasteiger partial charge in [0.25, 0.3) is 0 Å². The number of benzene rings is 1. The van der Waals surface area contributed by atoms with Crippen LogP contribution in [0.5, 0.6) is 0 Å². The number of nitrogens with zero attached hydrogens (tertiary/aromatic N) is 2. The predicted octanol–water partition coefficient (Wildman–Crippen LogP) is 1.84. The zero-order chi connectivity index (χ0) is 8.81. The van der Waals surface area contributed by atoms with Crippen molar-refractivity contribution in [3.8, 4) is 0 Å². The van der Waals surface area contributed by atoms with Crippen LogP contribution in [0.3, 0.4) is 0 Å². The smallest absolute Gasteiger partial charge is 0.295 e. The van der Waals surface area contributed by atoms with Crippen LogP contribution in [0.25, 0.3) is 0 Å². The fourth-order valence-corrected chi connectivity index (χ4v) is 0.705. The molecule has 0 heterocycles. The Balaban J connectivity index is 2.66. The zero-order valence-electron chi connectivity index (χ0n) is 6.60. The van der Waals surface area contributed by atoms with Gasteiger partial charge in [-0.2, -0.15) is 5.11 Å². The SMILES string of the molecule is CN=NOC(=O)c1ccccc1. The first-order chi connectivity index (χ1) is 5.84. The number of carbonyl (C=O) groups excluding carboxylic acids is 1. The van der Waals surface area contributed by atoms with E-state index < -0.39 is 5.97 Å². The first-order valence-electron chi connectivity index (χ1n) is 3.40. The Morgan fingerprint density at radius 2 is 2.00 bits per heavy atom. The van der Waals surface area contributed by atoms with Gasteiger partial charge < -0.3 is 0 Å². The quantitative estimate of drug-likeness (QED) is 0.494. The summed E-state index contributed by atoms with van der Waals surface area (Å²) in [5, 5.41) is 6.41. The molecule has 4 heteroatoms. The van der Waals surface area contributed by atoms with E-state index in [0.29, 0.717) is 5.56 Å². The molecule has 0 aliphatic rings. The molecule has 0 aromatic heterocycles. The van der Waals surface area contributed by atoms with Crippen molar-refractivity contribution < 1.29 is 9.63 Å². The van der Waals surface area contributed by atoms with Gasteiger partial charge in [0, 0.05) is 5.28 Å². The number of rotatable bonds is 2. The third kappa shape index (κ3) is 2.16. The molecule has 1 rings (SSSR count). The number of hydrogen-bond acceptors (Lipinski definition) is 4. The predicted molar refractivity (Wildman–Crippen MR) is 42.6 cm³/mol. The normalized spacial score (nSPS) is 10.1. The molecule has 4 nitrogen and oxygen atoms in total. The van der Waals surface area contributed by atoms with E-state index in [1.807, 2.05) is 6.07 Å². The van der Waals surface area contributed by atoms with Crippen LogP contribution in [-0.4, -0.2) is 13.0 Å². The third-order valence-electron chi connectivity index (χ3n) is 1.21. The summed E-state index contributed by atoms with van der Waals surface area (Å²) in [6.07, 6.45) is 0. The maximum atomic E-state index is 11.0. The van der Waals surface area contributed by atoms with Crippen molar-refractivity contribution >= 4 is 5.97 Å². The van der Waals surface area contributed by atoms with E-state index in [0.717, 1.165) is 0 Å². The summed E-state index contributed by atoms with van der Waals surface area (Å²) in [7, 11) is 1.43. The molecule has 0 bridgehead atoms. The molecule has 0 unspecified atom stereocenters. The van der Waals surface area contributed by atoms with Crippen molar-refractivity contribution in [3.63, 3.8) is 0 Å². The Morgan fingerprint density at radius 1 is 1.33 bits per heavy atom. The van der Waals surface area contributed by atoms with Crippen molar-refractivity contribution in [1.82, 2.24) is 0 Å². The minimum absolute atomic E-state index is 0.463. The highest BCUT2D eigenvalue weighted by atomic mass is 16.7. The van der Waals surface area contributed by atoms with Crippen LogP contribution < -0.4 is 0 Å². The molecule has 1 aromatic carbocycles. The molecule has 0 N–H and O–H groups in total. The van der Waals surface area contributed by atoms with E-state index in [1.165, 1.54) is 7.05 Å². The van der Waals surface area contributed by atoms with Gasteiger partial charge in [-0.1, -0.05) is 18.2 Å². The van der Waals surface area contributed by atoms with Gasteiger partial charge in [-0.05, 0) is 12.1 Å². The van der Waals surface area contributed by atoms with Crippen molar-refractivity contribution in [2.45, 2.75) is 0 Å². The lowest BCUT2D eigenvalue weighted by molar-refractivity contribution is 0.0480. The van der Waals surface area contributed by atoms with Crippen molar-refractivity contribution in [2.24, 2.45) is 10.4 Å². The summed E-state index contributed by atoms with van der Waals surface area (Å²) in [4.78, 5) is 15.4. The molecule has 0 radical (unpaired) electrons. The lowest BCUT2D eigenvalue weighted by Crippen LogP contribution is -1.99. The fraction of sp³-hybridized carbons (Fsp3) is 0.125. The first kappa shape index (κ1) is 8.39. The summed E-state index contributed by atoms with van der Waals surface area (Å²) < 4.78 is 0. The van der Waals surface area contributed by atoms with Gasteiger partial charge in [0.15, 0.2) is 0 Å². The molecule has 0 saturated carbocycles. The average molecular weight is 164 g/mol. The van der Waals surface area contributed by atoms with Crippen molar-refractivity contribution in [3.05, 3.63) is 35.9 Å². The molecule has 0 saturated heterocycles. The van der Waals surface area contributed by atoms with Crippen LogP contribution in [0, 0.1) is 0 Å². The highest BCUT2D eigenvalue weighted by molar-refractivity contribution is 5.89. The molecule has 12 heavy (non-hydrogen) atoms. The molecule has 1 aromatic rings. The van der Waals surface area contributed by atoms with Gasteiger partial charge >= 0.3 is 5.97 Å². The monoisotopic (exact) mass is 164 g/mol. The summed E-state index contributed by atoms with van der Waals surface area (Å²) in [5.74, 6) is -0.499. The molecule has 0 spiro atoms. The van der Waals surface area contributed by atoms with E-state index >= 15 is 0 Å². The lowest BCUT2D eigenvalue weighted by Gasteiger charge is -1.94. The van der Waals surface area contributed by atoms with Crippen LogP contribution in [0.15, 0.2) is 40.7 Å². The summed E-state index contributed by atoms with van der Waals surface area (Å²) in [5.41, 5.74) is 0.463.